The molecule has 3 aromatic rings. The Balaban J connectivity index is 1.54. The van der Waals surface area contributed by atoms with E-state index in [0.29, 0.717) is 13.0 Å². The third kappa shape index (κ3) is 2.88. The number of nitrogens with one attached hydrogen (secondary N) is 1. The molecule has 3 rings (SSSR count). The minimum absolute atomic E-state index is 0.122. The second kappa shape index (κ2) is 6.21. The Kier molecular flexibility index (Phi) is 3.95. The quantitative estimate of drug-likeness (QED) is 0.690. The summed E-state index contributed by atoms with van der Waals surface area (Å²) in [6.07, 6.45) is 6.06. The molecule has 0 aliphatic heterocycles. The molecule has 112 valence electrons. The van der Waals surface area contributed by atoms with Crippen LogP contribution in [-0.2, 0) is 6.42 Å². The number of hydrogen-bond acceptors (Lipinski definition) is 5. The van der Waals surface area contributed by atoms with E-state index in [1.54, 1.807) is 0 Å². The second-order valence-corrected chi connectivity index (χ2v) is 4.80. The Morgan fingerprint density at radius 2 is 2.18 bits per heavy atom. The highest BCUT2D eigenvalue weighted by molar-refractivity contribution is 5.96. The molecule has 3 aromatic heterocycles. The summed E-state index contributed by atoms with van der Waals surface area (Å²) in [4.78, 5) is 15.6. The first-order valence-corrected chi connectivity index (χ1v) is 6.95. The van der Waals surface area contributed by atoms with Gasteiger partial charge in [0.1, 0.15) is 11.6 Å². The lowest BCUT2D eigenvalue weighted by Crippen LogP contribution is -2.25. The van der Waals surface area contributed by atoms with Crippen molar-refractivity contribution in [3.05, 3.63) is 54.2 Å². The maximum absolute atomic E-state index is 11.9. The molecule has 0 aliphatic carbocycles. The van der Waals surface area contributed by atoms with E-state index >= 15 is 0 Å². The zero-order valence-corrected chi connectivity index (χ0v) is 11.8. The molecule has 0 saturated carbocycles. The van der Waals surface area contributed by atoms with Gasteiger partial charge in [0.25, 0.3) is 5.91 Å². The van der Waals surface area contributed by atoms with Crippen LogP contribution in [0, 0.1) is 0 Å². The van der Waals surface area contributed by atoms with Crippen LogP contribution in [0.1, 0.15) is 22.6 Å². The fraction of sp³-hybridized carbons (Fsp3) is 0.200. The molecule has 0 spiro atoms. The van der Waals surface area contributed by atoms with Crippen molar-refractivity contribution in [1.29, 1.82) is 0 Å². The number of amides is 1. The first kappa shape index (κ1) is 14.0. The number of nitrogens with zero attached hydrogens (tertiary/aromatic N) is 4. The number of hydrogen-bond donors (Lipinski definition) is 2. The summed E-state index contributed by atoms with van der Waals surface area (Å²) in [6, 6.07) is 7.21. The van der Waals surface area contributed by atoms with E-state index in [9.17, 15) is 9.90 Å². The summed E-state index contributed by atoms with van der Waals surface area (Å²) in [6.45, 7) is 0.488. The highest BCUT2D eigenvalue weighted by Crippen LogP contribution is 2.13. The lowest BCUT2D eigenvalue weighted by atomic mass is 10.2. The summed E-state index contributed by atoms with van der Waals surface area (Å²) < 4.78 is 1.93. The number of carbonyl (C=O) groups is 1. The van der Waals surface area contributed by atoms with Gasteiger partial charge in [-0.2, -0.15) is 0 Å². The monoisotopic (exact) mass is 297 g/mol. The van der Waals surface area contributed by atoms with Crippen LogP contribution in [0.2, 0.25) is 0 Å². The molecule has 22 heavy (non-hydrogen) atoms. The zero-order chi connectivity index (χ0) is 15.4. The van der Waals surface area contributed by atoms with Crippen molar-refractivity contribution < 1.29 is 9.90 Å². The standard InChI is InChI=1S/C15H15N5O2/c21-12-10-16-8-6-11(12)15(22)17-7-3-5-14-19-18-13-4-1-2-9-20(13)14/h1-2,4,6,8-10,21H,3,5,7H2,(H,17,22). The molecule has 3 heterocycles. The van der Waals surface area contributed by atoms with Gasteiger partial charge in [-0.15, -0.1) is 10.2 Å². The van der Waals surface area contributed by atoms with Gasteiger partial charge in [0.05, 0.1) is 11.8 Å². The molecule has 7 nitrogen and oxygen atoms in total. The minimum Gasteiger partial charge on any atom is -0.505 e. The number of aromatic hydroxyl groups is 1. The van der Waals surface area contributed by atoms with Crippen molar-refractivity contribution in [1.82, 2.24) is 24.9 Å². The predicted molar refractivity (Wildman–Crippen MR) is 79.5 cm³/mol. The zero-order valence-electron chi connectivity index (χ0n) is 11.8. The summed E-state index contributed by atoms with van der Waals surface area (Å²) >= 11 is 0. The fourth-order valence-corrected chi connectivity index (χ4v) is 2.18. The van der Waals surface area contributed by atoms with Crippen LogP contribution in [0.25, 0.3) is 5.65 Å². The summed E-state index contributed by atoms with van der Waals surface area (Å²) in [7, 11) is 0. The molecule has 1 amide bonds. The summed E-state index contributed by atoms with van der Waals surface area (Å²) in [5, 5.41) is 20.5. The smallest absolute Gasteiger partial charge is 0.255 e. The molecule has 0 aromatic carbocycles. The SMILES string of the molecule is O=C(NCCCc1nnc2ccccn12)c1ccncc1O. The van der Waals surface area contributed by atoms with Crippen LogP contribution in [0.15, 0.2) is 42.9 Å². The minimum atomic E-state index is -0.314. The second-order valence-electron chi connectivity index (χ2n) is 4.80. The van der Waals surface area contributed by atoms with Gasteiger partial charge in [0.15, 0.2) is 5.65 Å². The molecule has 0 atom stereocenters. The third-order valence-corrected chi connectivity index (χ3v) is 3.29. The molecular weight excluding hydrogens is 282 g/mol. The van der Waals surface area contributed by atoms with E-state index in [-0.39, 0.29) is 17.2 Å². The van der Waals surface area contributed by atoms with Crippen molar-refractivity contribution in [2.45, 2.75) is 12.8 Å². The Labute approximate surface area is 126 Å². The van der Waals surface area contributed by atoms with Gasteiger partial charge >= 0.3 is 0 Å². The number of fused-ring (bicyclic) bond motifs is 1. The van der Waals surface area contributed by atoms with Gasteiger partial charge in [-0.1, -0.05) is 6.07 Å². The molecule has 7 heteroatoms. The summed E-state index contributed by atoms with van der Waals surface area (Å²) in [5.74, 6) is 0.422. The van der Waals surface area contributed by atoms with Crippen LogP contribution < -0.4 is 5.32 Å². The van der Waals surface area contributed by atoms with Gasteiger partial charge < -0.3 is 10.4 Å². The summed E-state index contributed by atoms with van der Waals surface area (Å²) in [5.41, 5.74) is 1.03. The largest absolute Gasteiger partial charge is 0.505 e. The highest BCUT2D eigenvalue weighted by atomic mass is 16.3. The first-order chi connectivity index (χ1) is 10.8. The maximum atomic E-state index is 11.9. The highest BCUT2D eigenvalue weighted by Gasteiger charge is 2.10. The molecule has 0 radical (unpaired) electrons. The number of carbonyl (C=O) groups excluding carboxylic acids is 1. The molecule has 2 N–H and O–H groups in total. The Morgan fingerprint density at radius 1 is 1.27 bits per heavy atom. The lowest BCUT2D eigenvalue weighted by Gasteiger charge is -2.06. The molecule has 0 aliphatic rings. The van der Waals surface area contributed by atoms with E-state index in [1.807, 2.05) is 28.8 Å². The first-order valence-electron chi connectivity index (χ1n) is 6.95. The van der Waals surface area contributed by atoms with Crippen LogP contribution in [0.4, 0.5) is 0 Å². The van der Waals surface area contributed by atoms with Gasteiger partial charge in [-0.25, -0.2) is 0 Å². The van der Waals surface area contributed by atoms with Crippen molar-refractivity contribution >= 4 is 11.6 Å². The average molecular weight is 297 g/mol. The maximum Gasteiger partial charge on any atom is 0.255 e. The molecule has 0 bridgehead atoms. The van der Waals surface area contributed by atoms with Gasteiger partial charge in [0, 0.05) is 25.4 Å². The van der Waals surface area contributed by atoms with Crippen molar-refractivity contribution in [3.8, 4) is 5.75 Å². The molecule has 0 fully saturated rings. The molecule has 0 unspecified atom stereocenters. The van der Waals surface area contributed by atoms with Crippen LogP contribution >= 0.6 is 0 Å². The molecule has 0 saturated heterocycles. The van der Waals surface area contributed by atoms with E-state index in [0.717, 1.165) is 17.9 Å². The number of aryl methyl sites for hydroxylation is 1. The number of aromatic nitrogens is 4. The number of rotatable bonds is 5. The van der Waals surface area contributed by atoms with Crippen molar-refractivity contribution in [2.24, 2.45) is 0 Å². The van der Waals surface area contributed by atoms with Gasteiger partial charge in [-0.3, -0.25) is 14.2 Å². The fourth-order valence-electron chi connectivity index (χ4n) is 2.18. The third-order valence-electron chi connectivity index (χ3n) is 3.29. The van der Waals surface area contributed by atoms with Gasteiger partial charge in [-0.05, 0) is 24.6 Å². The van der Waals surface area contributed by atoms with E-state index in [4.69, 9.17) is 0 Å². The number of pyridine rings is 2. The topological polar surface area (TPSA) is 92.4 Å². The van der Waals surface area contributed by atoms with Crippen LogP contribution in [0.5, 0.6) is 5.75 Å². The Bertz CT molecular complexity index is 799. The Morgan fingerprint density at radius 3 is 3.05 bits per heavy atom. The van der Waals surface area contributed by atoms with Gasteiger partial charge in [0.2, 0.25) is 0 Å². The van der Waals surface area contributed by atoms with Crippen LogP contribution in [-0.4, -0.2) is 37.1 Å². The van der Waals surface area contributed by atoms with E-state index in [1.165, 1.54) is 18.5 Å². The predicted octanol–water partition coefficient (Wildman–Crippen LogP) is 1.19. The van der Waals surface area contributed by atoms with Crippen LogP contribution in [0.3, 0.4) is 0 Å². The van der Waals surface area contributed by atoms with Crippen molar-refractivity contribution in [2.75, 3.05) is 6.54 Å². The lowest BCUT2D eigenvalue weighted by molar-refractivity contribution is 0.0950. The van der Waals surface area contributed by atoms with E-state index < -0.39 is 0 Å². The average Bonchev–Trinajstić information content (AvgIpc) is 2.95. The normalized spacial score (nSPS) is 10.7. The van der Waals surface area contributed by atoms with E-state index in [2.05, 4.69) is 20.5 Å². The molecular formula is C15H15N5O2. The van der Waals surface area contributed by atoms with Crippen molar-refractivity contribution in [3.63, 3.8) is 0 Å². The Hall–Kier alpha value is -2.96.